The van der Waals surface area contributed by atoms with Crippen LogP contribution in [0.25, 0.3) is 0 Å². The van der Waals surface area contributed by atoms with Crippen LogP contribution in [0.5, 0.6) is 5.75 Å². The van der Waals surface area contributed by atoms with Crippen LogP contribution < -0.4 is 5.32 Å². The molecule has 1 aromatic rings. The van der Waals surface area contributed by atoms with Gasteiger partial charge in [0.2, 0.25) is 5.91 Å². The molecule has 0 saturated carbocycles. The van der Waals surface area contributed by atoms with Crippen LogP contribution in [0.2, 0.25) is 0 Å². The van der Waals surface area contributed by atoms with E-state index < -0.39 is 34.6 Å². The summed E-state index contributed by atoms with van der Waals surface area (Å²) < 4.78 is 38.1. The zero-order valence-corrected chi connectivity index (χ0v) is 13.6. The van der Waals surface area contributed by atoms with Gasteiger partial charge in [-0.3, -0.25) is 9.59 Å². The molecule has 1 rings (SSSR count). The summed E-state index contributed by atoms with van der Waals surface area (Å²) in [4.78, 5) is 22.7. The molecular weight excluding hydrogens is 335 g/mol. The summed E-state index contributed by atoms with van der Waals surface area (Å²) in [6.07, 6.45) is -5.11. The Hall–Kier alpha value is -1.76. The molecule has 0 heterocycles. The number of hydrogen-bond acceptors (Lipinski definition) is 3. The van der Waals surface area contributed by atoms with E-state index >= 15 is 0 Å². The molecule has 128 valence electrons. The molecule has 8 heteroatoms. The first-order valence-corrected chi connectivity index (χ1v) is 7.22. The third kappa shape index (κ3) is 4.86. The van der Waals surface area contributed by atoms with Crippen molar-refractivity contribution in [2.75, 3.05) is 5.88 Å². The highest BCUT2D eigenvalue weighted by atomic mass is 35.5. The minimum absolute atomic E-state index is 0.0171. The fraction of sp³-hybridized carbons (Fsp3) is 0.467. The molecule has 2 N–H and O–H groups in total. The van der Waals surface area contributed by atoms with Crippen molar-refractivity contribution in [3.63, 3.8) is 0 Å². The van der Waals surface area contributed by atoms with Gasteiger partial charge in [-0.1, -0.05) is 20.8 Å². The maximum atomic E-state index is 12.7. The number of benzene rings is 1. The SMILES string of the molecule is CC(C)(C)c1cc(CNC(=O)CCl)c(O)c(C(=O)C(F)(F)F)c1. The summed E-state index contributed by atoms with van der Waals surface area (Å²) in [5.74, 6) is -3.80. The minimum atomic E-state index is -5.11. The molecule has 0 aliphatic heterocycles. The van der Waals surface area contributed by atoms with E-state index in [9.17, 15) is 27.9 Å². The van der Waals surface area contributed by atoms with Gasteiger partial charge < -0.3 is 10.4 Å². The number of carbonyl (C=O) groups excluding carboxylic acids is 2. The Morgan fingerprint density at radius 2 is 1.78 bits per heavy atom. The molecule has 0 saturated heterocycles. The van der Waals surface area contributed by atoms with Gasteiger partial charge in [0, 0.05) is 12.1 Å². The Bertz CT molecular complexity index is 622. The normalized spacial score (nSPS) is 12.1. The van der Waals surface area contributed by atoms with Crippen molar-refractivity contribution in [1.82, 2.24) is 5.32 Å². The van der Waals surface area contributed by atoms with Crippen molar-refractivity contribution in [3.05, 3.63) is 28.8 Å². The van der Waals surface area contributed by atoms with Gasteiger partial charge in [0.1, 0.15) is 11.6 Å². The van der Waals surface area contributed by atoms with Crippen LogP contribution in [0.4, 0.5) is 13.2 Å². The van der Waals surface area contributed by atoms with Gasteiger partial charge in [-0.25, -0.2) is 0 Å². The topological polar surface area (TPSA) is 66.4 Å². The summed E-state index contributed by atoms with van der Waals surface area (Å²) in [6, 6.07) is 2.48. The lowest BCUT2D eigenvalue weighted by molar-refractivity contribution is -0.118. The maximum absolute atomic E-state index is 12.7. The van der Waals surface area contributed by atoms with Crippen molar-refractivity contribution in [2.24, 2.45) is 0 Å². The van der Waals surface area contributed by atoms with Crippen molar-refractivity contribution >= 4 is 23.3 Å². The second-order valence-electron chi connectivity index (χ2n) is 6.02. The number of rotatable bonds is 4. The molecule has 0 spiro atoms. The van der Waals surface area contributed by atoms with E-state index in [4.69, 9.17) is 11.6 Å². The monoisotopic (exact) mass is 351 g/mol. The predicted octanol–water partition coefficient (Wildman–Crippen LogP) is 3.29. The van der Waals surface area contributed by atoms with E-state index in [1.54, 1.807) is 20.8 Å². The standard InChI is InChI=1S/C15H17ClF3NO3/c1-14(2,3)9-4-8(7-20-11(21)6-16)12(22)10(5-9)13(23)15(17,18)19/h4-5,22H,6-7H2,1-3H3,(H,20,21). The van der Waals surface area contributed by atoms with Crippen LogP contribution in [-0.2, 0) is 16.8 Å². The molecular formula is C15H17ClF3NO3. The summed E-state index contributed by atoms with van der Waals surface area (Å²) >= 11 is 5.33. The molecule has 0 radical (unpaired) electrons. The summed E-state index contributed by atoms with van der Waals surface area (Å²) in [6.45, 7) is 5.02. The molecule has 1 aromatic carbocycles. The predicted molar refractivity (Wildman–Crippen MR) is 79.8 cm³/mol. The van der Waals surface area contributed by atoms with Crippen molar-refractivity contribution in [3.8, 4) is 5.75 Å². The number of ketones is 1. The fourth-order valence-corrected chi connectivity index (χ4v) is 1.92. The second-order valence-corrected chi connectivity index (χ2v) is 6.29. The summed E-state index contributed by atoms with van der Waals surface area (Å²) in [5.41, 5.74) is -0.943. The van der Waals surface area contributed by atoms with Crippen molar-refractivity contribution in [1.29, 1.82) is 0 Å². The van der Waals surface area contributed by atoms with Crippen LogP contribution in [0.15, 0.2) is 12.1 Å². The lowest BCUT2D eigenvalue weighted by Crippen LogP contribution is -2.26. The highest BCUT2D eigenvalue weighted by Crippen LogP contribution is 2.34. The van der Waals surface area contributed by atoms with Gasteiger partial charge in [0.15, 0.2) is 0 Å². The Balaban J connectivity index is 3.40. The Labute approximate surface area is 136 Å². The van der Waals surface area contributed by atoms with Gasteiger partial charge >= 0.3 is 6.18 Å². The molecule has 4 nitrogen and oxygen atoms in total. The average molecular weight is 352 g/mol. The van der Waals surface area contributed by atoms with Gasteiger partial charge in [-0.2, -0.15) is 13.2 Å². The van der Waals surface area contributed by atoms with Crippen LogP contribution >= 0.6 is 11.6 Å². The zero-order valence-electron chi connectivity index (χ0n) is 12.8. The highest BCUT2D eigenvalue weighted by Gasteiger charge is 2.41. The molecule has 0 aliphatic carbocycles. The van der Waals surface area contributed by atoms with Crippen LogP contribution in [-0.4, -0.2) is 28.9 Å². The van der Waals surface area contributed by atoms with Gasteiger partial charge in [0.25, 0.3) is 5.78 Å². The number of amides is 1. The molecule has 23 heavy (non-hydrogen) atoms. The fourth-order valence-electron chi connectivity index (χ4n) is 1.83. The lowest BCUT2D eigenvalue weighted by Gasteiger charge is -2.22. The largest absolute Gasteiger partial charge is 0.507 e. The number of carbonyl (C=O) groups is 2. The summed E-state index contributed by atoms with van der Waals surface area (Å²) in [5, 5.41) is 12.3. The van der Waals surface area contributed by atoms with Crippen LogP contribution in [0.3, 0.4) is 0 Å². The van der Waals surface area contributed by atoms with Gasteiger partial charge in [0.05, 0.1) is 5.56 Å². The number of Topliss-reactive ketones (excluding diaryl/α,β-unsaturated/α-hetero) is 1. The maximum Gasteiger partial charge on any atom is 0.455 e. The summed E-state index contributed by atoms with van der Waals surface area (Å²) in [7, 11) is 0. The van der Waals surface area contributed by atoms with E-state index in [0.29, 0.717) is 5.56 Å². The molecule has 0 fully saturated rings. The highest BCUT2D eigenvalue weighted by molar-refractivity contribution is 6.27. The molecule has 0 aliphatic rings. The van der Waals surface area contributed by atoms with E-state index in [2.05, 4.69) is 5.32 Å². The Kier molecular flexibility index (Phi) is 5.69. The lowest BCUT2D eigenvalue weighted by atomic mass is 9.84. The number of alkyl halides is 4. The number of phenolic OH excluding ortho intramolecular Hbond substituents is 1. The van der Waals surface area contributed by atoms with E-state index in [-0.39, 0.29) is 18.0 Å². The Morgan fingerprint density at radius 1 is 1.22 bits per heavy atom. The van der Waals surface area contributed by atoms with Crippen molar-refractivity contribution in [2.45, 2.75) is 38.9 Å². The quantitative estimate of drug-likeness (QED) is 0.646. The van der Waals surface area contributed by atoms with Crippen molar-refractivity contribution < 1.29 is 27.9 Å². The number of phenols is 1. The smallest absolute Gasteiger partial charge is 0.455 e. The van der Waals surface area contributed by atoms with E-state index in [1.165, 1.54) is 6.07 Å². The van der Waals surface area contributed by atoms with Gasteiger partial charge in [-0.05, 0) is 23.1 Å². The third-order valence-electron chi connectivity index (χ3n) is 3.15. The molecule has 0 bridgehead atoms. The molecule has 1 amide bonds. The average Bonchev–Trinajstić information content (AvgIpc) is 2.42. The first-order chi connectivity index (χ1) is 10.4. The second kappa shape index (κ2) is 6.78. The van der Waals surface area contributed by atoms with E-state index in [0.717, 1.165) is 6.07 Å². The third-order valence-corrected chi connectivity index (χ3v) is 3.40. The number of hydrogen-bond donors (Lipinski definition) is 2. The minimum Gasteiger partial charge on any atom is -0.507 e. The Morgan fingerprint density at radius 3 is 2.22 bits per heavy atom. The number of halogens is 4. The first-order valence-electron chi connectivity index (χ1n) is 6.68. The molecule has 0 unspecified atom stereocenters. The van der Waals surface area contributed by atoms with Crippen LogP contribution in [0, 0.1) is 0 Å². The number of nitrogens with one attached hydrogen (secondary N) is 1. The van der Waals surface area contributed by atoms with Crippen LogP contribution in [0.1, 0.15) is 42.3 Å². The number of aromatic hydroxyl groups is 1. The molecule has 0 aromatic heterocycles. The first kappa shape index (κ1) is 19.3. The van der Waals surface area contributed by atoms with Gasteiger partial charge in [-0.15, -0.1) is 11.6 Å². The zero-order chi connectivity index (χ0) is 18.0. The van der Waals surface area contributed by atoms with E-state index in [1.807, 2.05) is 0 Å². The molecule has 0 atom stereocenters.